The molecule has 0 unspecified atom stereocenters. The minimum atomic E-state index is 0.813. The van der Waals surface area contributed by atoms with Crippen LogP contribution in [0.2, 0.25) is 0 Å². The molecule has 80 valence electrons. The Labute approximate surface area is 93.0 Å². The standard InChI is InChI=1S/C10H14N4S/c1-3-8-4-10(14(2)13-8)12-6-9-5-11-7-15-9/h4-5,7,12H,3,6H2,1-2H3. The van der Waals surface area contributed by atoms with E-state index in [1.165, 1.54) is 4.88 Å². The van der Waals surface area contributed by atoms with Crippen molar-refractivity contribution in [2.75, 3.05) is 5.32 Å². The molecule has 1 N–H and O–H groups in total. The van der Waals surface area contributed by atoms with Gasteiger partial charge in [0.15, 0.2) is 0 Å². The van der Waals surface area contributed by atoms with E-state index in [1.54, 1.807) is 11.3 Å². The lowest BCUT2D eigenvalue weighted by Crippen LogP contribution is -2.03. The van der Waals surface area contributed by atoms with E-state index in [2.05, 4.69) is 28.4 Å². The molecule has 0 spiro atoms. The molecule has 0 radical (unpaired) electrons. The van der Waals surface area contributed by atoms with Crippen LogP contribution in [0.3, 0.4) is 0 Å². The van der Waals surface area contributed by atoms with E-state index in [0.717, 1.165) is 24.5 Å². The van der Waals surface area contributed by atoms with Crippen molar-refractivity contribution >= 4 is 17.2 Å². The summed E-state index contributed by atoms with van der Waals surface area (Å²) in [7, 11) is 1.95. The van der Waals surface area contributed by atoms with Crippen molar-refractivity contribution in [2.45, 2.75) is 19.9 Å². The lowest BCUT2D eigenvalue weighted by molar-refractivity contribution is 0.748. The highest BCUT2D eigenvalue weighted by Crippen LogP contribution is 2.12. The molecular weight excluding hydrogens is 208 g/mol. The minimum Gasteiger partial charge on any atom is -0.365 e. The number of aromatic nitrogens is 3. The number of hydrogen-bond donors (Lipinski definition) is 1. The SMILES string of the molecule is CCc1cc(NCc2cncs2)n(C)n1. The highest BCUT2D eigenvalue weighted by molar-refractivity contribution is 7.09. The Morgan fingerprint density at radius 1 is 1.53 bits per heavy atom. The van der Waals surface area contributed by atoms with Crippen LogP contribution in [0.25, 0.3) is 0 Å². The molecule has 0 bridgehead atoms. The first-order valence-electron chi connectivity index (χ1n) is 4.93. The number of hydrogen-bond acceptors (Lipinski definition) is 4. The van der Waals surface area contributed by atoms with Gasteiger partial charge in [0.05, 0.1) is 17.7 Å². The Morgan fingerprint density at radius 3 is 3.00 bits per heavy atom. The quantitative estimate of drug-likeness (QED) is 0.861. The van der Waals surface area contributed by atoms with Crippen molar-refractivity contribution in [1.82, 2.24) is 14.8 Å². The Balaban J connectivity index is 2.01. The van der Waals surface area contributed by atoms with Crippen LogP contribution in [-0.4, -0.2) is 14.8 Å². The molecule has 2 aromatic rings. The molecule has 2 aromatic heterocycles. The highest BCUT2D eigenvalue weighted by atomic mass is 32.1. The lowest BCUT2D eigenvalue weighted by Gasteiger charge is -2.03. The average molecular weight is 222 g/mol. The molecule has 0 amide bonds. The largest absolute Gasteiger partial charge is 0.365 e. The Hall–Kier alpha value is -1.36. The Bertz CT molecular complexity index is 419. The van der Waals surface area contributed by atoms with Crippen LogP contribution >= 0.6 is 11.3 Å². The Kier molecular flexibility index (Phi) is 3.01. The second-order valence-corrected chi connectivity index (χ2v) is 4.29. The molecule has 0 fully saturated rings. The molecule has 5 heteroatoms. The third-order valence-corrected chi connectivity index (χ3v) is 3.00. The maximum atomic E-state index is 4.37. The molecule has 4 nitrogen and oxygen atoms in total. The van der Waals surface area contributed by atoms with Gasteiger partial charge >= 0.3 is 0 Å². The molecular formula is C10H14N4S. The van der Waals surface area contributed by atoms with E-state index in [9.17, 15) is 0 Å². The monoisotopic (exact) mass is 222 g/mol. The number of anilines is 1. The zero-order valence-electron chi connectivity index (χ0n) is 8.90. The number of thiazole rings is 1. The van der Waals surface area contributed by atoms with Crippen LogP contribution in [0.1, 0.15) is 17.5 Å². The smallest absolute Gasteiger partial charge is 0.124 e. The third kappa shape index (κ3) is 2.36. The van der Waals surface area contributed by atoms with Gasteiger partial charge in [-0.3, -0.25) is 9.67 Å². The Morgan fingerprint density at radius 2 is 2.40 bits per heavy atom. The summed E-state index contributed by atoms with van der Waals surface area (Å²) >= 11 is 1.66. The van der Waals surface area contributed by atoms with Gasteiger partial charge in [-0.15, -0.1) is 11.3 Å². The molecule has 0 saturated heterocycles. The van der Waals surface area contributed by atoms with Gasteiger partial charge in [-0.05, 0) is 6.42 Å². The van der Waals surface area contributed by atoms with Crippen molar-refractivity contribution in [3.8, 4) is 0 Å². The zero-order chi connectivity index (χ0) is 10.7. The van der Waals surface area contributed by atoms with Crippen molar-refractivity contribution in [3.05, 3.63) is 28.3 Å². The summed E-state index contributed by atoms with van der Waals surface area (Å²) in [5.74, 6) is 1.06. The molecule has 0 aromatic carbocycles. The fourth-order valence-corrected chi connectivity index (χ4v) is 1.91. The number of nitrogens with zero attached hydrogens (tertiary/aromatic N) is 3. The minimum absolute atomic E-state index is 0.813. The first-order valence-corrected chi connectivity index (χ1v) is 5.81. The van der Waals surface area contributed by atoms with Crippen LogP contribution in [0.5, 0.6) is 0 Å². The van der Waals surface area contributed by atoms with Gasteiger partial charge in [0.2, 0.25) is 0 Å². The number of aryl methyl sites for hydroxylation is 2. The van der Waals surface area contributed by atoms with Gasteiger partial charge in [0.25, 0.3) is 0 Å². The second-order valence-electron chi connectivity index (χ2n) is 3.32. The van der Waals surface area contributed by atoms with Gasteiger partial charge in [-0.2, -0.15) is 5.10 Å². The van der Waals surface area contributed by atoms with Crippen LogP contribution in [0, 0.1) is 0 Å². The summed E-state index contributed by atoms with van der Waals surface area (Å²) in [6, 6.07) is 2.08. The van der Waals surface area contributed by atoms with Crippen LogP contribution in [0.4, 0.5) is 5.82 Å². The van der Waals surface area contributed by atoms with E-state index < -0.39 is 0 Å². The molecule has 2 rings (SSSR count). The molecule has 2 heterocycles. The predicted octanol–water partition coefficient (Wildman–Crippen LogP) is 2.05. The van der Waals surface area contributed by atoms with E-state index in [4.69, 9.17) is 0 Å². The summed E-state index contributed by atoms with van der Waals surface area (Å²) in [4.78, 5) is 5.27. The van der Waals surface area contributed by atoms with Gasteiger partial charge in [-0.1, -0.05) is 6.92 Å². The third-order valence-electron chi connectivity index (χ3n) is 2.22. The van der Waals surface area contributed by atoms with Gasteiger partial charge in [-0.25, -0.2) is 0 Å². The number of rotatable bonds is 4. The predicted molar refractivity (Wildman–Crippen MR) is 62.0 cm³/mol. The van der Waals surface area contributed by atoms with E-state index in [1.807, 2.05) is 23.4 Å². The maximum Gasteiger partial charge on any atom is 0.124 e. The topological polar surface area (TPSA) is 42.7 Å². The lowest BCUT2D eigenvalue weighted by atomic mass is 10.3. The summed E-state index contributed by atoms with van der Waals surface area (Å²) in [6.45, 7) is 2.92. The van der Waals surface area contributed by atoms with Crippen molar-refractivity contribution in [2.24, 2.45) is 7.05 Å². The summed E-state index contributed by atoms with van der Waals surface area (Å²) in [6.07, 6.45) is 2.85. The summed E-state index contributed by atoms with van der Waals surface area (Å²) in [5.41, 5.74) is 2.96. The molecule has 0 atom stereocenters. The van der Waals surface area contributed by atoms with Gasteiger partial charge in [0, 0.05) is 24.2 Å². The fraction of sp³-hybridized carbons (Fsp3) is 0.400. The van der Waals surface area contributed by atoms with E-state index in [0.29, 0.717) is 0 Å². The summed E-state index contributed by atoms with van der Waals surface area (Å²) in [5, 5.41) is 7.71. The van der Waals surface area contributed by atoms with Crippen molar-refractivity contribution in [3.63, 3.8) is 0 Å². The molecule has 15 heavy (non-hydrogen) atoms. The summed E-state index contributed by atoms with van der Waals surface area (Å²) < 4.78 is 1.87. The fourth-order valence-electron chi connectivity index (χ4n) is 1.37. The number of nitrogens with one attached hydrogen (secondary N) is 1. The normalized spacial score (nSPS) is 10.5. The first-order chi connectivity index (χ1) is 7.29. The van der Waals surface area contributed by atoms with E-state index >= 15 is 0 Å². The highest BCUT2D eigenvalue weighted by Gasteiger charge is 2.03. The second kappa shape index (κ2) is 4.44. The van der Waals surface area contributed by atoms with Crippen LogP contribution in [0.15, 0.2) is 17.8 Å². The van der Waals surface area contributed by atoms with Gasteiger partial charge < -0.3 is 5.32 Å². The van der Waals surface area contributed by atoms with E-state index in [-0.39, 0.29) is 0 Å². The van der Waals surface area contributed by atoms with Gasteiger partial charge in [0.1, 0.15) is 5.82 Å². The van der Waals surface area contributed by atoms with Crippen LogP contribution < -0.4 is 5.32 Å². The molecule has 0 aliphatic carbocycles. The molecule has 0 aliphatic heterocycles. The maximum absolute atomic E-state index is 4.37. The molecule has 0 aliphatic rings. The zero-order valence-corrected chi connectivity index (χ0v) is 9.71. The average Bonchev–Trinajstić information content (AvgIpc) is 2.84. The first kappa shape index (κ1) is 10.2. The van der Waals surface area contributed by atoms with Crippen molar-refractivity contribution < 1.29 is 0 Å². The van der Waals surface area contributed by atoms with Crippen LogP contribution in [-0.2, 0) is 20.0 Å². The van der Waals surface area contributed by atoms with Crippen molar-refractivity contribution in [1.29, 1.82) is 0 Å². The molecule has 0 saturated carbocycles.